The molecule has 0 aromatic carbocycles. The van der Waals surface area contributed by atoms with Crippen molar-refractivity contribution in [2.24, 2.45) is 4.99 Å². The molecule has 0 aromatic rings. The van der Waals surface area contributed by atoms with E-state index in [0.29, 0.717) is 19.2 Å². The molecule has 0 saturated carbocycles. The highest BCUT2D eigenvalue weighted by Crippen LogP contribution is 2.15. The molecule has 1 aliphatic heterocycles. The standard InChI is InChI=1S/C14H27F3N4O/c1-4-22-12-5-8-21(9-6-12)13(18-2)19-7-10-20(3)11-14(15,16)17/h12H,4-11H2,1-3H3,(H,18,19). The van der Waals surface area contributed by atoms with E-state index in [1.807, 2.05) is 6.92 Å². The highest BCUT2D eigenvalue weighted by molar-refractivity contribution is 5.79. The summed E-state index contributed by atoms with van der Waals surface area (Å²) in [6.45, 7) is 4.27. The molecule has 1 fully saturated rings. The number of hydrogen-bond donors (Lipinski definition) is 1. The molecule has 1 heterocycles. The van der Waals surface area contributed by atoms with E-state index < -0.39 is 12.7 Å². The lowest BCUT2D eigenvalue weighted by atomic mass is 10.1. The Balaban J connectivity index is 2.29. The van der Waals surface area contributed by atoms with Crippen molar-refractivity contribution in [1.29, 1.82) is 0 Å². The molecule has 0 atom stereocenters. The van der Waals surface area contributed by atoms with Gasteiger partial charge in [-0.3, -0.25) is 9.89 Å². The Labute approximate surface area is 130 Å². The predicted molar refractivity (Wildman–Crippen MR) is 81.1 cm³/mol. The molecule has 0 bridgehead atoms. The van der Waals surface area contributed by atoms with E-state index in [1.165, 1.54) is 11.9 Å². The average Bonchev–Trinajstić information content (AvgIpc) is 2.43. The van der Waals surface area contributed by atoms with Gasteiger partial charge in [0.2, 0.25) is 0 Å². The number of guanidine groups is 1. The van der Waals surface area contributed by atoms with Crippen LogP contribution >= 0.6 is 0 Å². The van der Waals surface area contributed by atoms with Crippen molar-refractivity contribution in [2.75, 3.05) is 53.4 Å². The second kappa shape index (κ2) is 9.19. The van der Waals surface area contributed by atoms with E-state index in [0.717, 1.165) is 38.5 Å². The third kappa shape index (κ3) is 7.31. The van der Waals surface area contributed by atoms with Gasteiger partial charge in [0.05, 0.1) is 12.6 Å². The van der Waals surface area contributed by atoms with Crippen molar-refractivity contribution in [3.05, 3.63) is 0 Å². The fourth-order valence-electron chi connectivity index (χ4n) is 2.55. The first kappa shape index (κ1) is 19.0. The molecule has 22 heavy (non-hydrogen) atoms. The number of likely N-dealkylation sites (N-methyl/N-ethyl adjacent to an activating group) is 1. The number of alkyl halides is 3. The molecule has 0 amide bonds. The lowest BCUT2D eigenvalue weighted by molar-refractivity contribution is -0.142. The first-order valence-electron chi connectivity index (χ1n) is 7.68. The number of nitrogens with one attached hydrogen (secondary N) is 1. The Morgan fingerprint density at radius 2 is 2.00 bits per heavy atom. The van der Waals surface area contributed by atoms with Crippen LogP contribution in [0.4, 0.5) is 13.2 Å². The predicted octanol–water partition coefficient (Wildman–Crippen LogP) is 1.56. The quantitative estimate of drug-likeness (QED) is 0.595. The molecule has 0 unspecified atom stereocenters. The van der Waals surface area contributed by atoms with Gasteiger partial charge in [0.25, 0.3) is 0 Å². The van der Waals surface area contributed by atoms with Crippen LogP contribution < -0.4 is 5.32 Å². The summed E-state index contributed by atoms with van der Waals surface area (Å²) in [5.41, 5.74) is 0. The summed E-state index contributed by atoms with van der Waals surface area (Å²) >= 11 is 0. The summed E-state index contributed by atoms with van der Waals surface area (Å²) in [6, 6.07) is 0. The second-order valence-electron chi connectivity index (χ2n) is 5.47. The van der Waals surface area contributed by atoms with Gasteiger partial charge in [-0.05, 0) is 26.8 Å². The van der Waals surface area contributed by atoms with Crippen LogP contribution in [0.15, 0.2) is 4.99 Å². The van der Waals surface area contributed by atoms with E-state index >= 15 is 0 Å². The summed E-state index contributed by atoms with van der Waals surface area (Å²) < 4.78 is 42.3. The third-order valence-corrected chi connectivity index (χ3v) is 3.58. The zero-order chi connectivity index (χ0) is 16.6. The van der Waals surface area contributed by atoms with Crippen molar-refractivity contribution in [2.45, 2.75) is 32.0 Å². The summed E-state index contributed by atoms with van der Waals surface area (Å²) in [5, 5.41) is 3.13. The van der Waals surface area contributed by atoms with Crippen LogP contribution in [0.5, 0.6) is 0 Å². The van der Waals surface area contributed by atoms with Crippen LogP contribution in [-0.2, 0) is 4.74 Å². The Morgan fingerprint density at radius 3 is 2.50 bits per heavy atom. The monoisotopic (exact) mass is 324 g/mol. The van der Waals surface area contributed by atoms with Crippen LogP contribution in [0.1, 0.15) is 19.8 Å². The number of ether oxygens (including phenoxy) is 1. The molecule has 1 aliphatic rings. The van der Waals surface area contributed by atoms with Gasteiger partial charge in [0.1, 0.15) is 0 Å². The summed E-state index contributed by atoms with van der Waals surface area (Å²) in [7, 11) is 3.15. The van der Waals surface area contributed by atoms with E-state index in [-0.39, 0.29) is 0 Å². The summed E-state index contributed by atoms with van der Waals surface area (Å²) in [6.07, 6.45) is -1.96. The minimum Gasteiger partial charge on any atom is -0.378 e. The second-order valence-corrected chi connectivity index (χ2v) is 5.47. The van der Waals surface area contributed by atoms with Crippen LogP contribution in [0, 0.1) is 0 Å². The van der Waals surface area contributed by atoms with E-state index in [9.17, 15) is 13.2 Å². The van der Waals surface area contributed by atoms with Gasteiger partial charge in [-0.1, -0.05) is 0 Å². The summed E-state index contributed by atoms with van der Waals surface area (Å²) in [5.74, 6) is 0.746. The van der Waals surface area contributed by atoms with Gasteiger partial charge in [-0.25, -0.2) is 0 Å². The molecule has 130 valence electrons. The maximum atomic E-state index is 12.2. The van der Waals surface area contributed by atoms with Crippen LogP contribution in [0.25, 0.3) is 0 Å². The van der Waals surface area contributed by atoms with E-state index in [1.54, 1.807) is 7.05 Å². The Bertz CT molecular complexity index is 341. The van der Waals surface area contributed by atoms with Crippen LogP contribution in [0.3, 0.4) is 0 Å². The minimum atomic E-state index is -4.16. The molecule has 0 aliphatic carbocycles. The molecule has 0 radical (unpaired) electrons. The van der Waals surface area contributed by atoms with Gasteiger partial charge in [-0.15, -0.1) is 0 Å². The maximum absolute atomic E-state index is 12.2. The van der Waals surface area contributed by atoms with E-state index in [4.69, 9.17) is 4.74 Å². The Morgan fingerprint density at radius 1 is 1.36 bits per heavy atom. The molecular formula is C14H27F3N4O. The van der Waals surface area contributed by atoms with E-state index in [2.05, 4.69) is 15.2 Å². The molecule has 1 rings (SSSR count). The first-order chi connectivity index (χ1) is 10.4. The zero-order valence-corrected chi connectivity index (χ0v) is 13.6. The highest BCUT2D eigenvalue weighted by atomic mass is 19.4. The van der Waals surface area contributed by atoms with Crippen molar-refractivity contribution in [1.82, 2.24) is 15.1 Å². The number of rotatable bonds is 6. The van der Waals surface area contributed by atoms with Crippen molar-refractivity contribution >= 4 is 5.96 Å². The summed E-state index contributed by atoms with van der Waals surface area (Å²) in [4.78, 5) is 7.58. The SMILES string of the molecule is CCOC1CCN(C(=NC)NCCN(C)CC(F)(F)F)CC1. The lowest BCUT2D eigenvalue weighted by Crippen LogP contribution is -2.48. The number of likely N-dealkylation sites (tertiary alicyclic amines) is 1. The van der Waals surface area contributed by atoms with Crippen LogP contribution in [-0.4, -0.2) is 81.5 Å². The number of aliphatic imine (C=N–C) groups is 1. The fourth-order valence-corrected chi connectivity index (χ4v) is 2.55. The van der Waals surface area contributed by atoms with Crippen molar-refractivity contribution < 1.29 is 17.9 Å². The van der Waals surface area contributed by atoms with Crippen molar-refractivity contribution in [3.8, 4) is 0 Å². The van der Waals surface area contributed by atoms with Gasteiger partial charge in [0.15, 0.2) is 5.96 Å². The van der Waals surface area contributed by atoms with Crippen LogP contribution in [0.2, 0.25) is 0 Å². The maximum Gasteiger partial charge on any atom is 0.401 e. The Kier molecular flexibility index (Phi) is 7.95. The average molecular weight is 324 g/mol. The number of hydrogen-bond acceptors (Lipinski definition) is 3. The molecule has 8 heteroatoms. The van der Waals surface area contributed by atoms with Crippen molar-refractivity contribution in [3.63, 3.8) is 0 Å². The van der Waals surface area contributed by atoms with Gasteiger partial charge < -0.3 is 15.0 Å². The fraction of sp³-hybridized carbons (Fsp3) is 0.929. The zero-order valence-electron chi connectivity index (χ0n) is 13.6. The normalized spacial score (nSPS) is 18.1. The molecule has 1 saturated heterocycles. The van der Waals surface area contributed by atoms with Gasteiger partial charge >= 0.3 is 6.18 Å². The minimum absolute atomic E-state index is 0.303. The smallest absolute Gasteiger partial charge is 0.378 e. The number of nitrogens with zero attached hydrogens (tertiary/aromatic N) is 3. The lowest BCUT2D eigenvalue weighted by Gasteiger charge is -2.34. The molecular weight excluding hydrogens is 297 g/mol. The van der Waals surface area contributed by atoms with Gasteiger partial charge in [0, 0.05) is 39.8 Å². The number of piperidine rings is 1. The highest BCUT2D eigenvalue weighted by Gasteiger charge is 2.29. The third-order valence-electron chi connectivity index (χ3n) is 3.58. The van der Waals surface area contributed by atoms with Gasteiger partial charge in [-0.2, -0.15) is 13.2 Å². The molecule has 1 N–H and O–H groups in total. The largest absolute Gasteiger partial charge is 0.401 e. The molecule has 5 nitrogen and oxygen atoms in total. The Hall–Kier alpha value is -1.02. The molecule has 0 aromatic heterocycles. The number of halogens is 3. The first-order valence-corrected chi connectivity index (χ1v) is 7.68. The topological polar surface area (TPSA) is 40.1 Å². The molecule has 0 spiro atoms.